The van der Waals surface area contributed by atoms with Crippen molar-refractivity contribution in [2.75, 3.05) is 6.61 Å². The van der Waals surface area contributed by atoms with E-state index in [0.29, 0.717) is 31.7 Å². The first-order valence-corrected chi connectivity index (χ1v) is 10.2. The predicted molar refractivity (Wildman–Crippen MR) is 105 cm³/mol. The summed E-state index contributed by atoms with van der Waals surface area (Å²) in [5.41, 5.74) is 1.03. The number of nitrogens with zero attached hydrogens (tertiary/aromatic N) is 3. The molecule has 2 aliphatic rings. The minimum Gasteiger partial charge on any atom is -0.465 e. The van der Waals surface area contributed by atoms with E-state index in [2.05, 4.69) is 5.10 Å². The molecule has 3 heterocycles. The number of aryl methyl sites for hydroxylation is 1. The fourth-order valence-corrected chi connectivity index (χ4v) is 5.10. The van der Waals surface area contributed by atoms with Crippen molar-refractivity contribution in [2.24, 2.45) is 5.41 Å². The van der Waals surface area contributed by atoms with Gasteiger partial charge >= 0.3 is 5.97 Å². The van der Waals surface area contributed by atoms with Gasteiger partial charge in [0.15, 0.2) is 0 Å². The van der Waals surface area contributed by atoms with Crippen molar-refractivity contribution in [3.63, 3.8) is 0 Å². The van der Waals surface area contributed by atoms with E-state index >= 15 is 0 Å². The SMILES string of the molecule is CCOC(=O)[C@@]1(Cc2ccccc2)C[C@H]2CC[C@@H]1N2C(=O)c1ccnn1CC. The maximum absolute atomic E-state index is 13.4. The summed E-state index contributed by atoms with van der Waals surface area (Å²) in [6.07, 6.45) is 4.70. The molecule has 2 bridgehead atoms. The highest BCUT2D eigenvalue weighted by Crippen LogP contribution is 2.52. The maximum Gasteiger partial charge on any atom is 0.314 e. The van der Waals surface area contributed by atoms with E-state index in [4.69, 9.17) is 4.74 Å². The number of benzene rings is 1. The van der Waals surface area contributed by atoms with Crippen LogP contribution in [0, 0.1) is 5.41 Å². The highest BCUT2D eigenvalue weighted by Gasteiger charge is 2.62. The Morgan fingerprint density at radius 2 is 1.96 bits per heavy atom. The van der Waals surface area contributed by atoms with E-state index < -0.39 is 5.41 Å². The zero-order valence-corrected chi connectivity index (χ0v) is 16.5. The third-order valence-corrected chi connectivity index (χ3v) is 6.25. The first-order valence-electron chi connectivity index (χ1n) is 10.2. The van der Waals surface area contributed by atoms with Crippen LogP contribution in [0.4, 0.5) is 0 Å². The molecule has 28 heavy (non-hydrogen) atoms. The van der Waals surface area contributed by atoms with E-state index in [1.807, 2.05) is 49.1 Å². The van der Waals surface area contributed by atoms with Crippen molar-refractivity contribution in [3.05, 3.63) is 53.9 Å². The van der Waals surface area contributed by atoms with Gasteiger partial charge in [0, 0.05) is 24.8 Å². The van der Waals surface area contributed by atoms with Crippen LogP contribution in [0.2, 0.25) is 0 Å². The second-order valence-electron chi connectivity index (χ2n) is 7.73. The predicted octanol–water partition coefficient (Wildman–Crippen LogP) is 3.07. The summed E-state index contributed by atoms with van der Waals surface area (Å²) in [5, 5.41) is 4.24. The number of carbonyl (C=O) groups excluding carboxylic acids is 2. The zero-order chi connectivity index (χ0) is 19.7. The van der Waals surface area contributed by atoms with Crippen molar-refractivity contribution in [2.45, 2.75) is 58.2 Å². The average molecular weight is 381 g/mol. The number of rotatable bonds is 6. The minimum absolute atomic E-state index is 0.0221. The molecule has 2 saturated heterocycles. The van der Waals surface area contributed by atoms with Crippen LogP contribution in [0.15, 0.2) is 42.6 Å². The molecule has 4 rings (SSSR count). The summed E-state index contributed by atoms with van der Waals surface area (Å²) in [6.45, 7) is 4.80. The van der Waals surface area contributed by atoms with Crippen LogP contribution >= 0.6 is 0 Å². The van der Waals surface area contributed by atoms with Gasteiger partial charge in [-0.3, -0.25) is 14.3 Å². The average Bonchev–Trinajstić information content (AvgIpc) is 3.42. The zero-order valence-electron chi connectivity index (χ0n) is 16.5. The second-order valence-corrected chi connectivity index (χ2v) is 7.73. The van der Waals surface area contributed by atoms with E-state index in [-0.39, 0.29) is 24.0 Å². The summed E-state index contributed by atoms with van der Waals surface area (Å²) in [5.74, 6) is -0.195. The molecular formula is C22H27N3O3. The smallest absolute Gasteiger partial charge is 0.314 e. The number of aromatic nitrogens is 2. The lowest BCUT2D eigenvalue weighted by atomic mass is 9.70. The van der Waals surface area contributed by atoms with Crippen LogP contribution in [0.3, 0.4) is 0 Å². The number of hydrogen-bond donors (Lipinski definition) is 0. The van der Waals surface area contributed by atoms with Gasteiger partial charge in [-0.05, 0) is 51.2 Å². The molecule has 2 aromatic rings. The van der Waals surface area contributed by atoms with Crippen LogP contribution in [0.1, 0.15) is 49.2 Å². The van der Waals surface area contributed by atoms with E-state index in [1.165, 1.54) is 0 Å². The lowest BCUT2D eigenvalue weighted by Crippen LogP contribution is -2.47. The van der Waals surface area contributed by atoms with Gasteiger partial charge in [-0.25, -0.2) is 0 Å². The largest absolute Gasteiger partial charge is 0.465 e. The molecule has 6 heteroatoms. The van der Waals surface area contributed by atoms with Crippen LogP contribution in [-0.4, -0.2) is 45.2 Å². The Bertz CT molecular complexity index is 863. The molecule has 148 valence electrons. The highest BCUT2D eigenvalue weighted by molar-refractivity contribution is 5.94. The topological polar surface area (TPSA) is 64.4 Å². The van der Waals surface area contributed by atoms with Gasteiger partial charge in [0.25, 0.3) is 5.91 Å². The molecule has 0 aliphatic carbocycles. The van der Waals surface area contributed by atoms with Crippen LogP contribution < -0.4 is 0 Å². The fraction of sp³-hybridized carbons (Fsp3) is 0.500. The summed E-state index contributed by atoms with van der Waals surface area (Å²) in [7, 11) is 0. The van der Waals surface area contributed by atoms with Gasteiger partial charge in [-0.2, -0.15) is 5.10 Å². The van der Waals surface area contributed by atoms with Crippen molar-refractivity contribution in [3.8, 4) is 0 Å². The molecule has 2 aliphatic heterocycles. The van der Waals surface area contributed by atoms with E-state index in [9.17, 15) is 9.59 Å². The Morgan fingerprint density at radius 1 is 1.18 bits per heavy atom. The summed E-state index contributed by atoms with van der Waals surface area (Å²) in [6, 6.07) is 11.8. The summed E-state index contributed by atoms with van der Waals surface area (Å²) >= 11 is 0. The normalized spacial score (nSPS) is 25.9. The number of ether oxygens (including phenoxy) is 1. The molecular weight excluding hydrogens is 354 g/mol. The Hall–Kier alpha value is -2.63. The Balaban J connectivity index is 1.69. The van der Waals surface area contributed by atoms with E-state index in [1.54, 1.807) is 16.9 Å². The standard InChI is InChI=1S/C22H27N3O3/c1-3-24-18(12-13-23-24)20(26)25-17-10-11-19(25)22(15-17,21(27)28-4-2)14-16-8-6-5-7-9-16/h5-9,12-13,17,19H,3-4,10-11,14-15H2,1-2H3/t17-,19+,22+/m1/s1. The van der Waals surface area contributed by atoms with Gasteiger partial charge < -0.3 is 9.64 Å². The molecule has 1 aromatic heterocycles. The summed E-state index contributed by atoms with van der Waals surface area (Å²) < 4.78 is 7.25. The minimum atomic E-state index is -0.674. The lowest BCUT2D eigenvalue weighted by molar-refractivity contribution is -0.157. The van der Waals surface area contributed by atoms with Gasteiger partial charge in [-0.1, -0.05) is 30.3 Å². The molecule has 3 atom stereocenters. The molecule has 0 unspecified atom stereocenters. The van der Waals surface area contributed by atoms with Crippen LogP contribution in [0.5, 0.6) is 0 Å². The van der Waals surface area contributed by atoms with Crippen LogP contribution in [0.25, 0.3) is 0 Å². The van der Waals surface area contributed by atoms with Gasteiger partial charge in [0.2, 0.25) is 0 Å². The molecule has 1 aromatic carbocycles. The number of hydrogen-bond acceptors (Lipinski definition) is 4. The highest BCUT2D eigenvalue weighted by atomic mass is 16.5. The molecule has 0 saturated carbocycles. The Kier molecular flexibility index (Phi) is 4.96. The summed E-state index contributed by atoms with van der Waals surface area (Å²) in [4.78, 5) is 28.5. The van der Waals surface area contributed by atoms with Gasteiger partial charge in [0.1, 0.15) is 5.69 Å². The number of amides is 1. The van der Waals surface area contributed by atoms with E-state index in [0.717, 1.165) is 18.4 Å². The van der Waals surface area contributed by atoms with Crippen molar-refractivity contribution < 1.29 is 14.3 Å². The van der Waals surface area contributed by atoms with Gasteiger partial charge in [-0.15, -0.1) is 0 Å². The number of esters is 1. The number of fused-ring (bicyclic) bond motifs is 2. The second kappa shape index (κ2) is 7.41. The molecule has 0 radical (unpaired) electrons. The Morgan fingerprint density at radius 3 is 2.68 bits per heavy atom. The molecule has 2 fully saturated rings. The third-order valence-electron chi connectivity index (χ3n) is 6.25. The molecule has 6 nitrogen and oxygen atoms in total. The Labute approximate surface area is 165 Å². The fourth-order valence-electron chi connectivity index (χ4n) is 5.10. The van der Waals surface area contributed by atoms with Crippen molar-refractivity contribution >= 4 is 11.9 Å². The monoisotopic (exact) mass is 381 g/mol. The van der Waals surface area contributed by atoms with Crippen molar-refractivity contribution in [1.82, 2.24) is 14.7 Å². The molecule has 0 N–H and O–H groups in total. The number of carbonyl (C=O) groups is 2. The lowest BCUT2D eigenvalue weighted by Gasteiger charge is -2.35. The first kappa shape index (κ1) is 18.7. The third kappa shape index (κ3) is 2.91. The van der Waals surface area contributed by atoms with Gasteiger partial charge in [0.05, 0.1) is 12.0 Å². The van der Waals surface area contributed by atoms with Crippen LogP contribution in [-0.2, 0) is 22.5 Å². The molecule has 0 spiro atoms. The first-order chi connectivity index (χ1) is 13.6. The molecule has 1 amide bonds. The quantitative estimate of drug-likeness (QED) is 0.722. The maximum atomic E-state index is 13.4. The van der Waals surface area contributed by atoms with Crippen molar-refractivity contribution in [1.29, 1.82) is 0 Å².